The van der Waals surface area contributed by atoms with Crippen LogP contribution in [-0.4, -0.2) is 41.1 Å². The molecule has 0 radical (unpaired) electrons. The summed E-state index contributed by atoms with van der Waals surface area (Å²) in [4.78, 5) is 11.7. The van der Waals surface area contributed by atoms with E-state index in [4.69, 9.17) is 9.84 Å². The van der Waals surface area contributed by atoms with Gasteiger partial charge in [0.25, 0.3) is 0 Å². The van der Waals surface area contributed by atoms with E-state index in [1.807, 2.05) is 0 Å². The molecule has 2 rings (SSSR count). The van der Waals surface area contributed by atoms with Crippen LogP contribution in [0.4, 0.5) is 0 Å². The Morgan fingerprint density at radius 3 is 3.18 bits per heavy atom. The second-order valence-corrected chi connectivity index (χ2v) is 4.20. The molecule has 0 amide bonds. The Kier molecular flexibility index (Phi) is 3.44. The van der Waals surface area contributed by atoms with Crippen LogP contribution in [0.15, 0.2) is 6.20 Å². The van der Waals surface area contributed by atoms with Gasteiger partial charge < -0.3 is 9.84 Å². The summed E-state index contributed by atoms with van der Waals surface area (Å²) >= 11 is 0. The van der Waals surface area contributed by atoms with E-state index < -0.39 is 6.04 Å². The second-order valence-electron chi connectivity index (χ2n) is 4.20. The van der Waals surface area contributed by atoms with E-state index in [0.29, 0.717) is 12.5 Å². The number of fused-ring (bicyclic) bond motifs is 1. The Morgan fingerprint density at radius 1 is 1.76 bits per heavy atom. The first-order chi connectivity index (χ1) is 8.19. The summed E-state index contributed by atoms with van der Waals surface area (Å²) < 4.78 is 6.45. The van der Waals surface area contributed by atoms with Gasteiger partial charge in [0.15, 0.2) is 0 Å². The topological polar surface area (TPSA) is 76.4 Å². The molecule has 2 unspecified atom stereocenters. The van der Waals surface area contributed by atoms with Gasteiger partial charge in [-0.15, -0.1) is 0 Å². The number of nitrogens with one attached hydrogen (secondary N) is 1. The average molecular weight is 239 g/mol. The van der Waals surface area contributed by atoms with E-state index in [1.54, 1.807) is 10.9 Å². The number of nitrogens with zero attached hydrogens (tertiary/aromatic N) is 2. The number of ether oxygens (including phenoxy) is 1. The van der Waals surface area contributed by atoms with E-state index in [0.717, 1.165) is 17.8 Å². The van der Waals surface area contributed by atoms with Gasteiger partial charge in [0.05, 0.1) is 32.2 Å². The molecular weight excluding hydrogens is 222 g/mol. The molecule has 6 nitrogen and oxygen atoms in total. The van der Waals surface area contributed by atoms with E-state index in [1.165, 1.54) is 7.11 Å². The van der Waals surface area contributed by atoms with Crippen LogP contribution < -0.4 is 5.32 Å². The Hall–Kier alpha value is -1.40. The van der Waals surface area contributed by atoms with E-state index in [2.05, 4.69) is 17.3 Å². The van der Waals surface area contributed by atoms with Gasteiger partial charge in [0.2, 0.25) is 0 Å². The lowest BCUT2D eigenvalue weighted by molar-refractivity contribution is -0.143. The van der Waals surface area contributed by atoms with Crippen LogP contribution in [0.3, 0.4) is 0 Å². The molecule has 0 saturated carbocycles. The van der Waals surface area contributed by atoms with Crippen LogP contribution in [0, 0.1) is 0 Å². The Bertz CT molecular complexity index is 416. The zero-order valence-corrected chi connectivity index (χ0v) is 10.0. The molecule has 0 spiro atoms. The van der Waals surface area contributed by atoms with Crippen molar-refractivity contribution in [2.45, 2.75) is 25.4 Å². The number of hydrogen-bond donors (Lipinski definition) is 2. The standard InChI is InChI=1S/C11H17N3O3/c1-7-5-12-9(11(16)17-2)10-8(7)6-13-14(10)3-4-15/h6-7,9,12,15H,3-5H2,1-2H3. The van der Waals surface area contributed by atoms with Crippen molar-refractivity contribution in [3.63, 3.8) is 0 Å². The SMILES string of the molecule is COC(=O)C1NCC(C)c2cnn(CCO)c21. The maximum atomic E-state index is 11.7. The number of methoxy groups -OCH3 is 1. The molecule has 17 heavy (non-hydrogen) atoms. The molecular formula is C11H17N3O3. The van der Waals surface area contributed by atoms with Crippen LogP contribution >= 0.6 is 0 Å². The zero-order chi connectivity index (χ0) is 12.4. The lowest BCUT2D eigenvalue weighted by Gasteiger charge is -2.27. The summed E-state index contributed by atoms with van der Waals surface area (Å²) in [7, 11) is 1.37. The number of carbonyl (C=O) groups is 1. The van der Waals surface area contributed by atoms with Crippen molar-refractivity contribution < 1.29 is 14.6 Å². The summed E-state index contributed by atoms with van der Waals surface area (Å²) in [6.07, 6.45) is 1.77. The maximum Gasteiger partial charge on any atom is 0.329 e. The normalized spacial score (nSPS) is 23.2. The summed E-state index contributed by atoms with van der Waals surface area (Å²) in [6.45, 7) is 3.18. The molecule has 1 aromatic rings. The minimum Gasteiger partial charge on any atom is -0.468 e. The molecule has 6 heteroatoms. The first-order valence-corrected chi connectivity index (χ1v) is 5.66. The molecule has 0 bridgehead atoms. The fourth-order valence-corrected chi connectivity index (χ4v) is 2.19. The van der Waals surface area contributed by atoms with E-state index in [-0.39, 0.29) is 12.6 Å². The van der Waals surface area contributed by atoms with Crippen molar-refractivity contribution in [3.8, 4) is 0 Å². The van der Waals surface area contributed by atoms with Gasteiger partial charge >= 0.3 is 5.97 Å². The fourth-order valence-electron chi connectivity index (χ4n) is 2.19. The predicted molar refractivity (Wildman–Crippen MR) is 60.5 cm³/mol. The molecule has 0 aliphatic carbocycles. The van der Waals surface area contributed by atoms with Gasteiger partial charge in [-0.3, -0.25) is 10.00 Å². The fraction of sp³-hybridized carbons (Fsp3) is 0.636. The van der Waals surface area contributed by atoms with Crippen LogP contribution in [0.2, 0.25) is 0 Å². The van der Waals surface area contributed by atoms with Crippen LogP contribution in [0.25, 0.3) is 0 Å². The molecule has 0 saturated heterocycles. The number of esters is 1. The van der Waals surface area contributed by atoms with Crippen molar-refractivity contribution in [1.82, 2.24) is 15.1 Å². The highest BCUT2D eigenvalue weighted by molar-refractivity contribution is 5.78. The van der Waals surface area contributed by atoms with Crippen molar-refractivity contribution in [3.05, 3.63) is 17.5 Å². The van der Waals surface area contributed by atoms with Crippen molar-refractivity contribution in [2.24, 2.45) is 0 Å². The van der Waals surface area contributed by atoms with Gasteiger partial charge in [-0.2, -0.15) is 5.10 Å². The molecule has 94 valence electrons. The predicted octanol–water partition coefficient (Wildman–Crippen LogP) is -0.204. The minimum absolute atomic E-state index is 0.00358. The summed E-state index contributed by atoms with van der Waals surface area (Å²) in [6, 6.07) is -0.486. The summed E-state index contributed by atoms with van der Waals surface area (Å²) in [5.74, 6) is -0.0174. The Balaban J connectivity index is 2.40. The Morgan fingerprint density at radius 2 is 2.53 bits per heavy atom. The highest BCUT2D eigenvalue weighted by Crippen LogP contribution is 2.30. The third kappa shape index (κ3) is 2.05. The first-order valence-electron chi connectivity index (χ1n) is 5.66. The highest BCUT2D eigenvalue weighted by Gasteiger charge is 2.33. The van der Waals surface area contributed by atoms with Gasteiger partial charge in [-0.05, 0) is 11.5 Å². The molecule has 2 heterocycles. The Labute approximate surface area is 99.6 Å². The molecule has 0 fully saturated rings. The number of carbonyl (C=O) groups excluding carboxylic acids is 1. The number of aromatic nitrogens is 2. The molecule has 1 aliphatic rings. The third-order valence-electron chi connectivity index (χ3n) is 3.09. The molecule has 0 aromatic carbocycles. The van der Waals surface area contributed by atoms with E-state index >= 15 is 0 Å². The van der Waals surface area contributed by atoms with Crippen LogP contribution in [0.5, 0.6) is 0 Å². The van der Waals surface area contributed by atoms with Crippen molar-refractivity contribution in [1.29, 1.82) is 0 Å². The molecule has 2 N–H and O–H groups in total. The highest BCUT2D eigenvalue weighted by atomic mass is 16.5. The second kappa shape index (κ2) is 4.85. The number of hydrogen-bond acceptors (Lipinski definition) is 5. The number of aliphatic hydroxyl groups excluding tert-OH is 1. The quantitative estimate of drug-likeness (QED) is 0.714. The first kappa shape index (κ1) is 12.1. The lowest BCUT2D eigenvalue weighted by atomic mass is 9.93. The third-order valence-corrected chi connectivity index (χ3v) is 3.09. The molecule has 1 aliphatic heterocycles. The minimum atomic E-state index is -0.486. The average Bonchev–Trinajstić information content (AvgIpc) is 2.74. The number of aliphatic hydroxyl groups is 1. The smallest absolute Gasteiger partial charge is 0.329 e. The summed E-state index contributed by atoms with van der Waals surface area (Å²) in [5, 5.41) is 16.3. The van der Waals surface area contributed by atoms with Crippen LogP contribution in [-0.2, 0) is 16.1 Å². The largest absolute Gasteiger partial charge is 0.468 e. The monoisotopic (exact) mass is 239 g/mol. The van der Waals surface area contributed by atoms with Crippen molar-refractivity contribution >= 4 is 5.97 Å². The van der Waals surface area contributed by atoms with Gasteiger partial charge in [-0.1, -0.05) is 6.92 Å². The summed E-state index contributed by atoms with van der Waals surface area (Å²) in [5.41, 5.74) is 1.86. The molecule has 2 atom stereocenters. The van der Waals surface area contributed by atoms with Gasteiger partial charge in [0.1, 0.15) is 6.04 Å². The van der Waals surface area contributed by atoms with Crippen LogP contribution in [0.1, 0.15) is 30.1 Å². The van der Waals surface area contributed by atoms with E-state index in [9.17, 15) is 4.79 Å². The number of rotatable bonds is 3. The van der Waals surface area contributed by atoms with Gasteiger partial charge in [-0.25, -0.2) is 4.79 Å². The lowest BCUT2D eigenvalue weighted by Crippen LogP contribution is -2.38. The van der Waals surface area contributed by atoms with Gasteiger partial charge in [0, 0.05) is 6.54 Å². The zero-order valence-electron chi connectivity index (χ0n) is 10.0. The molecule has 1 aromatic heterocycles. The van der Waals surface area contributed by atoms with Crippen molar-refractivity contribution in [2.75, 3.05) is 20.3 Å². The maximum absolute atomic E-state index is 11.7.